The van der Waals surface area contributed by atoms with Crippen LogP contribution in [0, 0.1) is 0 Å². The minimum absolute atomic E-state index is 0.0407. The lowest BCUT2D eigenvalue weighted by molar-refractivity contribution is -0.135. The van der Waals surface area contributed by atoms with Crippen LogP contribution in [0.2, 0.25) is 0 Å². The van der Waals surface area contributed by atoms with Crippen molar-refractivity contribution in [2.75, 3.05) is 7.11 Å². The molecule has 5 nitrogen and oxygen atoms in total. The Kier molecular flexibility index (Phi) is 3.60. The Morgan fingerprint density at radius 2 is 2.07 bits per heavy atom. The van der Waals surface area contributed by atoms with E-state index < -0.39 is 5.97 Å². The number of aliphatic hydroxyl groups is 1. The van der Waals surface area contributed by atoms with Crippen LogP contribution in [0.5, 0.6) is 0 Å². The molecular formula is C10H13NO4. The van der Waals surface area contributed by atoms with E-state index in [0.717, 1.165) is 0 Å². The van der Waals surface area contributed by atoms with E-state index in [1.54, 1.807) is 0 Å². The molecular weight excluding hydrogens is 198 g/mol. The summed E-state index contributed by atoms with van der Waals surface area (Å²) in [5, 5.41) is 9.54. The summed E-state index contributed by atoms with van der Waals surface area (Å²) in [6.07, 6.45) is 1.61. The lowest BCUT2D eigenvalue weighted by Crippen LogP contribution is -2.21. The number of aliphatic imine (C=N–C) groups is 1. The van der Waals surface area contributed by atoms with E-state index in [1.807, 2.05) is 0 Å². The quantitative estimate of drug-likeness (QED) is 0.660. The van der Waals surface area contributed by atoms with Crippen LogP contribution in [0.3, 0.4) is 0 Å². The van der Waals surface area contributed by atoms with Crippen molar-refractivity contribution in [3.63, 3.8) is 0 Å². The van der Waals surface area contributed by atoms with Gasteiger partial charge in [-0.05, 0) is 12.8 Å². The van der Waals surface area contributed by atoms with Crippen molar-refractivity contribution in [3.05, 3.63) is 11.3 Å². The largest absolute Gasteiger partial charge is 0.511 e. The van der Waals surface area contributed by atoms with E-state index in [0.29, 0.717) is 25.0 Å². The highest BCUT2D eigenvalue weighted by molar-refractivity contribution is 6.22. The maximum absolute atomic E-state index is 11.3. The SMILES string of the molecule is COC(=O)C1=C(O)CCCC1=NC(C)=O. The Bertz CT molecular complexity index is 354. The molecule has 0 saturated carbocycles. The lowest BCUT2D eigenvalue weighted by Gasteiger charge is -2.16. The summed E-state index contributed by atoms with van der Waals surface area (Å²) >= 11 is 0. The van der Waals surface area contributed by atoms with Crippen LogP contribution in [0.4, 0.5) is 0 Å². The Hall–Kier alpha value is -1.65. The van der Waals surface area contributed by atoms with Crippen LogP contribution < -0.4 is 0 Å². The Balaban J connectivity index is 3.12. The number of amides is 1. The van der Waals surface area contributed by atoms with E-state index in [1.165, 1.54) is 14.0 Å². The van der Waals surface area contributed by atoms with Crippen molar-refractivity contribution < 1.29 is 19.4 Å². The van der Waals surface area contributed by atoms with Crippen molar-refractivity contribution in [2.24, 2.45) is 4.99 Å². The van der Waals surface area contributed by atoms with Crippen LogP contribution in [0.25, 0.3) is 0 Å². The average Bonchev–Trinajstić information content (AvgIpc) is 2.16. The fourth-order valence-electron chi connectivity index (χ4n) is 1.48. The fourth-order valence-corrected chi connectivity index (χ4v) is 1.48. The fraction of sp³-hybridized carbons (Fsp3) is 0.500. The summed E-state index contributed by atoms with van der Waals surface area (Å²) in [4.78, 5) is 25.9. The summed E-state index contributed by atoms with van der Waals surface area (Å²) in [6.45, 7) is 1.30. The molecule has 15 heavy (non-hydrogen) atoms. The normalized spacial score (nSPS) is 19.2. The van der Waals surface area contributed by atoms with Crippen LogP contribution in [-0.2, 0) is 14.3 Å². The van der Waals surface area contributed by atoms with Gasteiger partial charge in [0, 0.05) is 13.3 Å². The molecule has 0 atom stereocenters. The predicted molar refractivity (Wildman–Crippen MR) is 53.6 cm³/mol. The third kappa shape index (κ3) is 2.65. The lowest BCUT2D eigenvalue weighted by atomic mass is 9.95. The molecule has 0 aromatic heterocycles. The summed E-state index contributed by atoms with van der Waals surface area (Å²) in [5.41, 5.74) is 0.358. The number of allylic oxidation sites excluding steroid dienone is 1. The molecule has 1 amide bonds. The van der Waals surface area contributed by atoms with Crippen molar-refractivity contribution >= 4 is 17.6 Å². The standard InChI is InChI=1S/C10H13NO4/c1-6(12)11-7-4-3-5-8(13)9(7)10(14)15-2/h13H,3-5H2,1-2H3. The smallest absolute Gasteiger partial charge is 0.343 e. The van der Waals surface area contributed by atoms with Gasteiger partial charge in [0.05, 0.1) is 12.8 Å². The Morgan fingerprint density at radius 1 is 1.40 bits per heavy atom. The third-order valence-electron chi connectivity index (χ3n) is 2.09. The number of rotatable bonds is 1. The number of nitrogens with zero attached hydrogens (tertiary/aromatic N) is 1. The van der Waals surface area contributed by atoms with Crippen LogP contribution in [-0.4, -0.2) is 29.8 Å². The zero-order chi connectivity index (χ0) is 11.4. The van der Waals surface area contributed by atoms with Gasteiger partial charge in [-0.25, -0.2) is 9.79 Å². The molecule has 0 radical (unpaired) electrons. The highest BCUT2D eigenvalue weighted by atomic mass is 16.5. The minimum Gasteiger partial charge on any atom is -0.511 e. The maximum Gasteiger partial charge on any atom is 0.343 e. The summed E-state index contributed by atoms with van der Waals surface area (Å²) in [6, 6.07) is 0. The molecule has 1 aliphatic rings. The van der Waals surface area contributed by atoms with Crippen LogP contribution >= 0.6 is 0 Å². The molecule has 0 bridgehead atoms. The van der Waals surface area contributed by atoms with Crippen molar-refractivity contribution in [1.29, 1.82) is 0 Å². The van der Waals surface area contributed by atoms with Crippen molar-refractivity contribution in [3.8, 4) is 0 Å². The molecule has 1 rings (SSSR count). The van der Waals surface area contributed by atoms with Gasteiger partial charge in [0.15, 0.2) is 0 Å². The first kappa shape index (κ1) is 11.4. The number of hydrogen-bond donors (Lipinski definition) is 1. The molecule has 0 aromatic carbocycles. The maximum atomic E-state index is 11.3. The number of ether oxygens (including phenoxy) is 1. The molecule has 1 N–H and O–H groups in total. The monoisotopic (exact) mass is 211 g/mol. The average molecular weight is 211 g/mol. The number of carbonyl (C=O) groups is 2. The van der Waals surface area contributed by atoms with Gasteiger partial charge in [0.2, 0.25) is 5.91 Å². The van der Waals surface area contributed by atoms with E-state index in [9.17, 15) is 14.7 Å². The van der Waals surface area contributed by atoms with E-state index in [2.05, 4.69) is 9.73 Å². The number of methoxy groups -OCH3 is 1. The van der Waals surface area contributed by atoms with Gasteiger partial charge >= 0.3 is 5.97 Å². The van der Waals surface area contributed by atoms with Crippen molar-refractivity contribution in [1.82, 2.24) is 0 Å². The van der Waals surface area contributed by atoms with Gasteiger partial charge in [-0.3, -0.25) is 4.79 Å². The number of aliphatic hydroxyl groups excluding tert-OH is 1. The third-order valence-corrected chi connectivity index (χ3v) is 2.09. The second-order valence-electron chi connectivity index (χ2n) is 3.24. The zero-order valence-electron chi connectivity index (χ0n) is 8.74. The molecule has 0 heterocycles. The van der Waals surface area contributed by atoms with E-state index in [-0.39, 0.29) is 17.2 Å². The number of esters is 1. The molecule has 0 aromatic rings. The highest BCUT2D eigenvalue weighted by Crippen LogP contribution is 2.22. The number of carbonyl (C=O) groups excluding carboxylic acids is 2. The van der Waals surface area contributed by atoms with Gasteiger partial charge in [0.25, 0.3) is 0 Å². The second-order valence-corrected chi connectivity index (χ2v) is 3.24. The van der Waals surface area contributed by atoms with Gasteiger partial charge in [-0.1, -0.05) is 0 Å². The van der Waals surface area contributed by atoms with Gasteiger partial charge in [-0.15, -0.1) is 0 Å². The van der Waals surface area contributed by atoms with Gasteiger partial charge < -0.3 is 9.84 Å². The molecule has 0 spiro atoms. The Labute approximate surface area is 87.5 Å². The summed E-state index contributed by atoms with van der Waals surface area (Å²) in [5.74, 6) is -1.08. The van der Waals surface area contributed by atoms with Gasteiger partial charge in [-0.2, -0.15) is 0 Å². The predicted octanol–water partition coefficient (Wildman–Crippen LogP) is 1.14. The summed E-state index contributed by atoms with van der Waals surface area (Å²) < 4.78 is 4.52. The molecule has 5 heteroatoms. The zero-order valence-corrected chi connectivity index (χ0v) is 8.74. The first-order chi connectivity index (χ1) is 7.06. The molecule has 0 unspecified atom stereocenters. The molecule has 0 aliphatic heterocycles. The van der Waals surface area contributed by atoms with Crippen molar-refractivity contribution in [2.45, 2.75) is 26.2 Å². The molecule has 0 saturated heterocycles. The van der Waals surface area contributed by atoms with E-state index >= 15 is 0 Å². The highest BCUT2D eigenvalue weighted by Gasteiger charge is 2.25. The molecule has 1 aliphatic carbocycles. The van der Waals surface area contributed by atoms with Crippen LogP contribution in [0.1, 0.15) is 26.2 Å². The Morgan fingerprint density at radius 3 is 2.60 bits per heavy atom. The second kappa shape index (κ2) is 4.72. The molecule has 0 fully saturated rings. The summed E-state index contributed by atoms with van der Waals surface area (Å²) in [7, 11) is 1.22. The first-order valence-electron chi connectivity index (χ1n) is 4.65. The topological polar surface area (TPSA) is 76.0 Å². The minimum atomic E-state index is -0.646. The van der Waals surface area contributed by atoms with Crippen LogP contribution in [0.15, 0.2) is 16.3 Å². The number of hydrogen-bond acceptors (Lipinski definition) is 4. The van der Waals surface area contributed by atoms with Gasteiger partial charge in [0.1, 0.15) is 11.3 Å². The molecule has 82 valence electrons. The first-order valence-corrected chi connectivity index (χ1v) is 4.65. The van der Waals surface area contributed by atoms with E-state index in [4.69, 9.17) is 0 Å².